The molecule has 144 valence electrons. The maximum absolute atomic E-state index is 12.6. The van der Waals surface area contributed by atoms with Crippen LogP contribution in [-0.2, 0) is 4.79 Å². The van der Waals surface area contributed by atoms with Crippen molar-refractivity contribution in [2.24, 2.45) is 11.8 Å². The largest absolute Gasteiger partial charge is 0.355 e. The quantitative estimate of drug-likeness (QED) is 0.817. The standard InChI is InChI=1S/C19H26ClN3O2.ClH/c20-17-7-5-15(6-8-17)19(25)23-10-2-4-16(13-23)18(24)22-12-14-3-1-9-21-11-14;/h5-8,14,16,21H,1-4,9-13H2,(H,22,24);1H. The zero-order valence-electron chi connectivity index (χ0n) is 14.9. The van der Waals surface area contributed by atoms with Gasteiger partial charge in [0, 0.05) is 30.2 Å². The third-order valence-electron chi connectivity index (χ3n) is 5.13. The fourth-order valence-electron chi connectivity index (χ4n) is 3.64. The van der Waals surface area contributed by atoms with Crippen molar-refractivity contribution in [1.82, 2.24) is 15.5 Å². The van der Waals surface area contributed by atoms with E-state index in [1.165, 1.54) is 12.8 Å². The number of hydrogen-bond acceptors (Lipinski definition) is 3. The molecule has 1 aromatic rings. The number of nitrogens with zero attached hydrogens (tertiary/aromatic N) is 1. The van der Waals surface area contributed by atoms with Crippen LogP contribution in [0, 0.1) is 11.8 Å². The van der Waals surface area contributed by atoms with Gasteiger partial charge in [-0.2, -0.15) is 0 Å². The lowest BCUT2D eigenvalue weighted by Crippen LogP contribution is -2.47. The lowest BCUT2D eigenvalue weighted by atomic mass is 9.95. The highest BCUT2D eigenvalue weighted by atomic mass is 35.5. The highest BCUT2D eigenvalue weighted by Gasteiger charge is 2.29. The first-order chi connectivity index (χ1) is 12.1. The molecule has 2 atom stereocenters. The van der Waals surface area contributed by atoms with Crippen LogP contribution in [0.1, 0.15) is 36.0 Å². The summed E-state index contributed by atoms with van der Waals surface area (Å²) >= 11 is 5.88. The monoisotopic (exact) mass is 399 g/mol. The molecule has 0 spiro atoms. The first-order valence-corrected chi connectivity index (χ1v) is 9.54. The molecule has 2 N–H and O–H groups in total. The highest BCUT2D eigenvalue weighted by molar-refractivity contribution is 6.30. The van der Waals surface area contributed by atoms with Crippen molar-refractivity contribution in [2.45, 2.75) is 25.7 Å². The van der Waals surface area contributed by atoms with Crippen LogP contribution >= 0.6 is 24.0 Å². The Hall–Kier alpha value is -1.30. The molecule has 3 rings (SSSR count). The van der Waals surface area contributed by atoms with Crippen molar-refractivity contribution in [2.75, 3.05) is 32.7 Å². The number of benzene rings is 1. The molecule has 2 aliphatic rings. The number of rotatable bonds is 4. The lowest BCUT2D eigenvalue weighted by molar-refractivity contribution is -0.126. The first kappa shape index (κ1) is 21.0. The van der Waals surface area contributed by atoms with E-state index >= 15 is 0 Å². The van der Waals surface area contributed by atoms with Crippen molar-refractivity contribution in [1.29, 1.82) is 0 Å². The van der Waals surface area contributed by atoms with E-state index in [0.29, 0.717) is 29.6 Å². The van der Waals surface area contributed by atoms with Crippen molar-refractivity contribution in [3.8, 4) is 0 Å². The third-order valence-corrected chi connectivity index (χ3v) is 5.39. The summed E-state index contributed by atoms with van der Waals surface area (Å²) in [5.74, 6) is 0.472. The number of nitrogens with one attached hydrogen (secondary N) is 2. The van der Waals surface area contributed by atoms with E-state index in [-0.39, 0.29) is 30.1 Å². The summed E-state index contributed by atoms with van der Waals surface area (Å²) in [7, 11) is 0. The van der Waals surface area contributed by atoms with E-state index in [0.717, 1.165) is 32.5 Å². The fraction of sp³-hybridized carbons (Fsp3) is 0.579. The van der Waals surface area contributed by atoms with Gasteiger partial charge in [-0.1, -0.05) is 11.6 Å². The molecule has 2 fully saturated rings. The molecule has 0 bridgehead atoms. The average molecular weight is 400 g/mol. The predicted octanol–water partition coefficient (Wildman–Crippen LogP) is 2.73. The number of carbonyl (C=O) groups excluding carboxylic acids is 2. The number of piperidine rings is 2. The van der Waals surface area contributed by atoms with Crippen LogP contribution in [0.2, 0.25) is 5.02 Å². The van der Waals surface area contributed by atoms with E-state index < -0.39 is 0 Å². The van der Waals surface area contributed by atoms with Crippen LogP contribution in [0.3, 0.4) is 0 Å². The second-order valence-corrected chi connectivity index (χ2v) is 7.49. The number of amides is 2. The van der Waals surface area contributed by atoms with Crippen LogP contribution < -0.4 is 10.6 Å². The summed E-state index contributed by atoms with van der Waals surface area (Å²) in [6.07, 6.45) is 4.05. The minimum absolute atomic E-state index is 0. The zero-order chi connectivity index (χ0) is 17.6. The topological polar surface area (TPSA) is 61.4 Å². The van der Waals surface area contributed by atoms with Gasteiger partial charge in [-0.25, -0.2) is 0 Å². The molecule has 2 aliphatic heterocycles. The van der Waals surface area contributed by atoms with Crippen LogP contribution in [0.15, 0.2) is 24.3 Å². The van der Waals surface area contributed by atoms with Crippen molar-refractivity contribution >= 4 is 35.8 Å². The molecule has 5 nitrogen and oxygen atoms in total. The predicted molar refractivity (Wildman–Crippen MR) is 106 cm³/mol. The van der Waals surface area contributed by atoms with Crippen molar-refractivity contribution < 1.29 is 9.59 Å². The Kier molecular flexibility index (Phi) is 8.19. The van der Waals surface area contributed by atoms with Gasteiger partial charge >= 0.3 is 0 Å². The van der Waals surface area contributed by atoms with Crippen LogP contribution in [0.25, 0.3) is 0 Å². The molecule has 0 saturated carbocycles. The Labute approximate surface area is 166 Å². The maximum atomic E-state index is 12.6. The van der Waals surface area contributed by atoms with E-state index in [4.69, 9.17) is 11.6 Å². The second-order valence-electron chi connectivity index (χ2n) is 7.05. The Morgan fingerprint density at radius 2 is 1.96 bits per heavy atom. The summed E-state index contributed by atoms with van der Waals surface area (Å²) < 4.78 is 0. The minimum Gasteiger partial charge on any atom is -0.355 e. The second kappa shape index (κ2) is 10.1. The molecule has 26 heavy (non-hydrogen) atoms. The van der Waals surface area contributed by atoms with Crippen molar-refractivity contribution in [3.63, 3.8) is 0 Å². The highest BCUT2D eigenvalue weighted by Crippen LogP contribution is 2.20. The van der Waals surface area contributed by atoms with Gasteiger partial charge in [0.15, 0.2) is 0 Å². The molecule has 0 aliphatic carbocycles. The van der Waals surface area contributed by atoms with Gasteiger partial charge in [-0.3, -0.25) is 9.59 Å². The number of carbonyl (C=O) groups is 2. The van der Waals surface area contributed by atoms with Crippen LogP contribution in [0.4, 0.5) is 0 Å². The Balaban J connectivity index is 0.00000243. The molecule has 0 radical (unpaired) electrons. The van der Waals surface area contributed by atoms with Gasteiger partial charge in [0.2, 0.25) is 5.91 Å². The van der Waals surface area contributed by atoms with Crippen LogP contribution in [0.5, 0.6) is 0 Å². The summed E-state index contributed by atoms with van der Waals surface area (Å²) in [5.41, 5.74) is 0.624. The third kappa shape index (κ3) is 5.60. The Bertz CT molecular complexity index is 603. The smallest absolute Gasteiger partial charge is 0.253 e. The van der Waals surface area contributed by atoms with Gasteiger partial charge in [-0.15, -0.1) is 12.4 Å². The summed E-state index contributed by atoms with van der Waals surface area (Å²) in [6.45, 7) is 3.99. The van der Waals surface area contributed by atoms with Gasteiger partial charge < -0.3 is 15.5 Å². The molecule has 2 amide bonds. The van der Waals surface area contributed by atoms with E-state index in [2.05, 4.69) is 10.6 Å². The Morgan fingerprint density at radius 1 is 1.19 bits per heavy atom. The van der Waals surface area contributed by atoms with E-state index in [1.54, 1.807) is 29.2 Å². The van der Waals surface area contributed by atoms with E-state index in [9.17, 15) is 9.59 Å². The minimum atomic E-state index is -0.110. The average Bonchev–Trinajstić information content (AvgIpc) is 2.67. The SMILES string of the molecule is Cl.O=C(NCC1CCCNC1)C1CCCN(C(=O)c2ccc(Cl)cc2)C1. The molecule has 1 aromatic carbocycles. The summed E-state index contributed by atoms with van der Waals surface area (Å²) in [6, 6.07) is 6.93. The van der Waals surface area contributed by atoms with E-state index in [1.807, 2.05) is 0 Å². The van der Waals surface area contributed by atoms with Gasteiger partial charge in [0.1, 0.15) is 0 Å². The van der Waals surface area contributed by atoms with Gasteiger partial charge in [-0.05, 0) is 69.0 Å². The number of hydrogen-bond donors (Lipinski definition) is 2. The Morgan fingerprint density at radius 3 is 2.65 bits per heavy atom. The summed E-state index contributed by atoms with van der Waals surface area (Å²) in [5, 5.41) is 7.08. The molecule has 7 heteroatoms. The molecule has 2 heterocycles. The molecule has 2 unspecified atom stereocenters. The molecule has 0 aromatic heterocycles. The summed E-state index contributed by atoms with van der Waals surface area (Å²) in [4.78, 5) is 26.9. The molecular formula is C19H27Cl2N3O2. The van der Waals surface area contributed by atoms with Gasteiger partial charge in [0.05, 0.1) is 5.92 Å². The molecule has 2 saturated heterocycles. The maximum Gasteiger partial charge on any atom is 0.253 e. The van der Waals surface area contributed by atoms with Crippen molar-refractivity contribution in [3.05, 3.63) is 34.9 Å². The number of halogens is 2. The van der Waals surface area contributed by atoms with Crippen LogP contribution in [-0.4, -0.2) is 49.4 Å². The first-order valence-electron chi connectivity index (χ1n) is 9.17. The lowest BCUT2D eigenvalue weighted by Gasteiger charge is -2.32. The van der Waals surface area contributed by atoms with Gasteiger partial charge in [0.25, 0.3) is 5.91 Å². The molecular weight excluding hydrogens is 373 g/mol. The zero-order valence-corrected chi connectivity index (χ0v) is 16.5. The number of likely N-dealkylation sites (tertiary alicyclic amines) is 1. The normalized spacial score (nSPS) is 23.0. The fourth-order valence-corrected chi connectivity index (χ4v) is 3.76.